The van der Waals surface area contributed by atoms with Crippen LogP contribution in [-0.2, 0) is 22.6 Å². The Labute approximate surface area is 281 Å². The highest BCUT2D eigenvalue weighted by molar-refractivity contribution is 9.10. The van der Waals surface area contributed by atoms with E-state index in [2.05, 4.69) is 70.4 Å². The van der Waals surface area contributed by atoms with Crippen LogP contribution in [0.25, 0.3) is 22.2 Å². The molecule has 4 aromatic heterocycles. The molecule has 2 bridgehead atoms. The van der Waals surface area contributed by atoms with Crippen molar-refractivity contribution in [2.24, 2.45) is 5.92 Å². The van der Waals surface area contributed by atoms with Gasteiger partial charge in [0.2, 0.25) is 11.8 Å². The highest BCUT2D eigenvalue weighted by Gasteiger charge is 2.45. The molecular weight excluding hydrogens is 662 g/mol. The summed E-state index contributed by atoms with van der Waals surface area (Å²) in [6.45, 7) is 6.79. The third-order valence-corrected chi connectivity index (χ3v) is 9.49. The molecule has 13 heteroatoms. The van der Waals surface area contributed by atoms with Crippen LogP contribution < -0.4 is 5.32 Å². The first kappa shape index (κ1) is 32.6. The summed E-state index contributed by atoms with van der Waals surface area (Å²) in [5, 5.41) is 8.20. The van der Waals surface area contributed by atoms with E-state index in [0.717, 1.165) is 31.5 Å². The Morgan fingerprint density at radius 3 is 2.66 bits per heavy atom. The summed E-state index contributed by atoms with van der Waals surface area (Å²) in [4.78, 5) is 62.6. The largest absolute Gasteiger partial charge is 0.326 e. The second kappa shape index (κ2) is 13.8. The van der Waals surface area contributed by atoms with E-state index in [1.54, 1.807) is 36.5 Å². The van der Waals surface area contributed by atoms with Gasteiger partial charge in [0, 0.05) is 42.9 Å². The van der Waals surface area contributed by atoms with E-state index in [4.69, 9.17) is 0 Å². The minimum Gasteiger partial charge on any atom is -0.326 e. The number of aromatic nitrogens is 6. The monoisotopic (exact) mass is 699 g/mol. The van der Waals surface area contributed by atoms with Gasteiger partial charge in [-0.05, 0) is 92.7 Å². The van der Waals surface area contributed by atoms with E-state index in [9.17, 15) is 14.4 Å². The van der Waals surface area contributed by atoms with Gasteiger partial charge < -0.3 is 15.1 Å². The van der Waals surface area contributed by atoms with Crippen molar-refractivity contribution < 1.29 is 14.4 Å². The lowest BCUT2D eigenvalue weighted by Gasteiger charge is -2.30. The number of rotatable bonds is 4. The molecule has 0 unspecified atom stereocenters. The van der Waals surface area contributed by atoms with Crippen LogP contribution in [0.2, 0.25) is 0 Å². The lowest BCUT2D eigenvalue weighted by molar-refractivity contribution is -0.139. The van der Waals surface area contributed by atoms with Crippen LogP contribution in [0.15, 0.2) is 53.5 Å². The van der Waals surface area contributed by atoms with E-state index >= 15 is 0 Å². The van der Waals surface area contributed by atoms with Crippen molar-refractivity contribution in [3.05, 3.63) is 70.6 Å². The fourth-order valence-electron chi connectivity index (χ4n) is 6.55. The van der Waals surface area contributed by atoms with Gasteiger partial charge in [0.1, 0.15) is 34.5 Å². The van der Waals surface area contributed by atoms with Crippen LogP contribution in [-0.4, -0.2) is 89.3 Å². The first-order chi connectivity index (χ1) is 22.6. The van der Waals surface area contributed by atoms with E-state index in [0.29, 0.717) is 51.2 Å². The normalized spacial score (nSPS) is 21.5. The molecule has 4 aromatic rings. The maximum absolute atomic E-state index is 14.2. The Morgan fingerprint density at radius 2 is 1.89 bits per heavy atom. The van der Waals surface area contributed by atoms with Crippen LogP contribution in [0.5, 0.6) is 0 Å². The number of nitrogens with zero attached hydrogens (tertiary/aromatic N) is 8. The lowest BCUT2D eigenvalue weighted by atomic mass is 9.99. The van der Waals surface area contributed by atoms with E-state index in [-0.39, 0.29) is 41.8 Å². The van der Waals surface area contributed by atoms with Crippen LogP contribution in [0.3, 0.4) is 0 Å². The number of hydrogen-bond acceptors (Lipinski definition) is 9. The van der Waals surface area contributed by atoms with E-state index in [1.807, 2.05) is 19.1 Å². The fourth-order valence-corrected chi connectivity index (χ4v) is 6.86. The molecule has 0 saturated carbocycles. The standard InChI is InChI=1S/C34H38BrN9O3/c1-20-24-13-28(34(47)40-33-23(10-11-30(35)39-33)9-7-5-6-8-12-42(4)18-24)44(20)31(46)19-43-29-17-38-27(25-15-36-22(3)37-16-25)14-26(29)32(41-43)21(2)45/h5,7,10-11,14-17,20,24,28H,6,8-9,12-13,18-19H2,1-4H3,(H,39,40,47)/b7-5+/t20-,24-,28+/m1/s1. The predicted octanol–water partition coefficient (Wildman–Crippen LogP) is 4.63. The van der Waals surface area contributed by atoms with Gasteiger partial charge in [-0.1, -0.05) is 18.2 Å². The number of anilines is 1. The third-order valence-electron chi connectivity index (χ3n) is 9.05. The number of ketones is 1. The molecule has 1 N–H and O–H groups in total. The Balaban J connectivity index is 1.33. The number of halogens is 1. The summed E-state index contributed by atoms with van der Waals surface area (Å²) in [6.07, 6.45) is 12.4. The molecule has 0 spiro atoms. The van der Waals surface area contributed by atoms with Gasteiger partial charge in [-0.15, -0.1) is 0 Å². The average Bonchev–Trinajstić information content (AvgIpc) is 3.56. The number of carbonyl (C=O) groups excluding carboxylic acids is 3. The number of likely N-dealkylation sites (tertiary alicyclic amines) is 1. The Morgan fingerprint density at radius 1 is 1.11 bits per heavy atom. The zero-order valence-electron chi connectivity index (χ0n) is 27.0. The molecule has 0 radical (unpaired) electrons. The number of nitrogens with one attached hydrogen (secondary N) is 1. The molecule has 0 aromatic carbocycles. The molecule has 2 aliphatic rings. The van der Waals surface area contributed by atoms with Crippen LogP contribution in [0.4, 0.5) is 5.82 Å². The predicted molar refractivity (Wildman–Crippen MR) is 182 cm³/mol. The van der Waals surface area contributed by atoms with E-state index in [1.165, 1.54) is 11.6 Å². The van der Waals surface area contributed by atoms with Gasteiger partial charge in [0.25, 0.3) is 0 Å². The zero-order chi connectivity index (χ0) is 33.2. The molecule has 0 aliphatic carbocycles. The van der Waals surface area contributed by atoms with Crippen LogP contribution >= 0.6 is 15.9 Å². The van der Waals surface area contributed by atoms with Crippen molar-refractivity contribution in [1.82, 2.24) is 39.5 Å². The molecule has 1 fully saturated rings. The van der Waals surface area contributed by atoms with Crippen molar-refractivity contribution >= 4 is 50.2 Å². The maximum atomic E-state index is 14.2. The van der Waals surface area contributed by atoms with Gasteiger partial charge >= 0.3 is 0 Å². The van der Waals surface area contributed by atoms with Crippen LogP contribution in [0, 0.1) is 12.8 Å². The highest BCUT2D eigenvalue weighted by Crippen LogP contribution is 2.33. The number of hydrogen-bond donors (Lipinski definition) is 1. The van der Waals surface area contributed by atoms with Gasteiger partial charge in [-0.3, -0.25) is 24.0 Å². The fraction of sp³-hybridized carbons (Fsp3) is 0.412. The average molecular weight is 701 g/mol. The van der Waals surface area contributed by atoms with Crippen LogP contribution in [0.1, 0.15) is 55.0 Å². The number of pyridine rings is 2. The smallest absolute Gasteiger partial charge is 0.248 e. The molecule has 12 nitrogen and oxygen atoms in total. The summed E-state index contributed by atoms with van der Waals surface area (Å²) < 4.78 is 2.13. The van der Waals surface area contributed by atoms with E-state index < -0.39 is 6.04 Å². The Kier molecular flexibility index (Phi) is 9.55. The first-order valence-corrected chi connectivity index (χ1v) is 16.7. The lowest BCUT2D eigenvalue weighted by Crippen LogP contribution is -2.48. The number of Topliss-reactive ketones (excluding diaryl/α,β-unsaturated/α-hetero) is 1. The summed E-state index contributed by atoms with van der Waals surface area (Å²) >= 11 is 3.44. The Bertz CT molecular complexity index is 1860. The number of aryl methyl sites for hydroxylation is 1. The van der Waals surface area contributed by atoms with Gasteiger partial charge in [0.05, 0.1) is 17.4 Å². The molecule has 3 atom stereocenters. The van der Waals surface area contributed by atoms with Crippen molar-refractivity contribution in [1.29, 1.82) is 0 Å². The van der Waals surface area contributed by atoms with Crippen molar-refractivity contribution in [3.8, 4) is 11.3 Å². The highest BCUT2D eigenvalue weighted by atomic mass is 79.9. The van der Waals surface area contributed by atoms with Gasteiger partial charge in [-0.25, -0.2) is 15.0 Å². The number of allylic oxidation sites excluding steroid dienone is 2. The quantitative estimate of drug-likeness (QED) is 0.184. The molecule has 244 valence electrons. The molecular formula is C34H38BrN9O3. The molecule has 6 rings (SSSR count). The van der Waals surface area contributed by atoms with Crippen molar-refractivity contribution in [2.45, 2.75) is 65.1 Å². The Hall–Kier alpha value is -4.36. The second-order valence-corrected chi connectivity index (χ2v) is 13.2. The van der Waals surface area contributed by atoms with Crippen molar-refractivity contribution in [3.63, 3.8) is 0 Å². The summed E-state index contributed by atoms with van der Waals surface area (Å²) in [7, 11) is 2.09. The molecule has 6 heterocycles. The molecule has 1 saturated heterocycles. The zero-order valence-corrected chi connectivity index (χ0v) is 28.6. The minimum atomic E-state index is -0.703. The molecule has 47 heavy (non-hydrogen) atoms. The SMILES string of the molecule is CC(=O)c1nn(CC(=O)N2[C@H](C)[C@@H]3C[C@H]2C(=O)Nc2nc(Br)ccc2C/C=C/CCCN(C)C3)c2cnc(-c3cnc(C)nc3)cc12. The third kappa shape index (κ3) is 7.01. The molecule has 2 amide bonds. The number of fused-ring (bicyclic) bond motifs is 4. The number of carbonyl (C=O) groups is 3. The van der Waals surface area contributed by atoms with Gasteiger partial charge in [-0.2, -0.15) is 5.10 Å². The summed E-state index contributed by atoms with van der Waals surface area (Å²) in [5.41, 5.74) is 3.00. The molecule has 2 aliphatic heterocycles. The van der Waals surface area contributed by atoms with Crippen molar-refractivity contribution in [2.75, 3.05) is 25.5 Å². The summed E-state index contributed by atoms with van der Waals surface area (Å²) in [5.74, 6) is 0.441. The topological polar surface area (TPSA) is 139 Å². The van der Waals surface area contributed by atoms with Gasteiger partial charge in [0.15, 0.2) is 5.78 Å². The summed E-state index contributed by atoms with van der Waals surface area (Å²) in [6, 6.07) is 4.68. The minimum absolute atomic E-state index is 0.0819. The number of amides is 2. The first-order valence-electron chi connectivity index (χ1n) is 15.9. The second-order valence-electron chi connectivity index (χ2n) is 12.4. The maximum Gasteiger partial charge on any atom is 0.248 e.